The summed E-state index contributed by atoms with van der Waals surface area (Å²) in [6.45, 7) is 3.29. The molecule has 2 amide bonds. The number of hydrogen-bond acceptors (Lipinski definition) is 3. The minimum atomic E-state index is -4.46. The van der Waals surface area contributed by atoms with E-state index in [1.165, 1.54) is 25.1 Å². The maximum absolute atomic E-state index is 12.8. The van der Waals surface area contributed by atoms with Crippen molar-refractivity contribution in [2.75, 3.05) is 26.2 Å². The van der Waals surface area contributed by atoms with Gasteiger partial charge in [0.15, 0.2) is 0 Å². The fraction of sp³-hybridized carbons (Fsp3) is 0.300. The zero-order valence-electron chi connectivity index (χ0n) is 15.2. The summed E-state index contributed by atoms with van der Waals surface area (Å²) in [5.41, 5.74) is -0.429. The topological polar surface area (TPSA) is 49.9 Å². The van der Waals surface area contributed by atoms with Crippen LogP contribution in [0.4, 0.5) is 13.2 Å². The highest BCUT2D eigenvalue weighted by atomic mass is 19.4. The summed E-state index contributed by atoms with van der Waals surface area (Å²) in [6, 6.07) is 10.9. The number of benzene rings is 2. The van der Waals surface area contributed by atoms with Gasteiger partial charge < -0.3 is 14.5 Å². The second-order valence-corrected chi connectivity index (χ2v) is 6.45. The second-order valence-electron chi connectivity index (χ2n) is 6.45. The molecule has 8 heteroatoms. The molecule has 2 aromatic rings. The second kappa shape index (κ2) is 7.92. The molecule has 0 aromatic heterocycles. The van der Waals surface area contributed by atoms with Crippen LogP contribution < -0.4 is 4.74 Å². The first-order valence-electron chi connectivity index (χ1n) is 8.74. The highest BCUT2D eigenvalue weighted by molar-refractivity contribution is 5.94. The maximum atomic E-state index is 12.8. The molecule has 0 spiro atoms. The molecule has 3 rings (SSSR count). The first kappa shape index (κ1) is 19.7. The number of carbonyl (C=O) groups excluding carboxylic acids is 2. The van der Waals surface area contributed by atoms with Gasteiger partial charge in [0.1, 0.15) is 11.5 Å². The molecule has 0 N–H and O–H groups in total. The number of alkyl halides is 3. The predicted octanol–water partition coefficient (Wildman–Crippen LogP) is 3.80. The third kappa shape index (κ3) is 4.62. The molecule has 0 saturated carbocycles. The summed E-state index contributed by atoms with van der Waals surface area (Å²) in [7, 11) is 0. The average Bonchev–Trinajstić information content (AvgIpc) is 2.67. The van der Waals surface area contributed by atoms with Gasteiger partial charge >= 0.3 is 6.18 Å². The molecule has 1 heterocycles. The van der Waals surface area contributed by atoms with Crippen molar-refractivity contribution < 1.29 is 27.5 Å². The van der Waals surface area contributed by atoms with Crippen LogP contribution in [-0.4, -0.2) is 47.8 Å². The van der Waals surface area contributed by atoms with E-state index in [2.05, 4.69) is 0 Å². The zero-order valence-corrected chi connectivity index (χ0v) is 15.2. The smallest absolute Gasteiger partial charge is 0.416 e. The quantitative estimate of drug-likeness (QED) is 0.798. The molecule has 0 atom stereocenters. The highest BCUT2D eigenvalue weighted by Gasteiger charge is 2.30. The fourth-order valence-electron chi connectivity index (χ4n) is 2.97. The van der Waals surface area contributed by atoms with E-state index in [0.717, 1.165) is 12.1 Å². The molecule has 2 aromatic carbocycles. The first-order chi connectivity index (χ1) is 13.2. The Labute approximate surface area is 160 Å². The Hall–Kier alpha value is -3.03. The average molecular weight is 392 g/mol. The van der Waals surface area contributed by atoms with Crippen molar-refractivity contribution >= 4 is 11.8 Å². The third-order valence-corrected chi connectivity index (χ3v) is 4.49. The number of rotatable bonds is 3. The molecule has 0 bridgehead atoms. The van der Waals surface area contributed by atoms with Gasteiger partial charge in [-0.2, -0.15) is 13.2 Å². The number of ether oxygens (including phenoxy) is 1. The molecular weight excluding hydrogens is 373 g/mol. The van der Waals surface area contributed by atoms with Crippen molar-refractivity contribution in [1.29, 1.82) is 0 Å². The number of halogens is 3. The fourth-order valence-corrected chi connectivity index (χ4v) is 2.97. The Balaban J connectivity index is 1.71. The van der Waals surface area contributed by atoms with Gasteiger partial charge in [-0.05, 0) is 36.4 Å². The molecule has 0 aliphatic carbocycles. The molecule has 1 aliphatic rings. The van der Waals surface area contributed by atoms with Crippen molar-refractivity contribution in [3.8, 4) is 11.5 Å². The predicted molar refractivity (Wildman–Crippen MR) is 96.1 cm³/mol. The van der Waals surface area contributed by atoms with E-state index >= 15 is 0 Å². The normalized spacial score (nSPS) is 14.7. The Morgan fingerprint density at radius 2 is 1.46 bits per heavy atom. The standard InChI is InChI=1S/C20H19F3N2O3/c1-14(26)24-8-10-25(11-9-24)19(27)15-4-2-6-17(12-15)28-18-7-3-5-16(13-18)20(21,22)23/h2-7,12-13H,8-11H2,1H3. The number of nitrogens with zero attached hydrogens (tertiary/aromatic N) is 2. The van der Waals surface area contributed by atoms with Crippen LogP contribution in [0.5, 0.6) is 11.5 Å². The number of amides is 2. The van der Waals surface area contributed by atoms with Crippen molar-refractivity contribution in [3.63, 3.8) is 0 Å². The Morgan fingerprint density at radius 3 is 2.07 bits per heavy atom. The molecule has 5 nitrogen and oxygen atoms in total. The van der Waals surface area contributed by atoms with E-state index in [-0.39, 0.29) is 23.3 Å². The van der Waals surface area contributed by atoms with Gasteiger partial charge in [0, 0.05) is 38.7 Å². The maximum Gasteiger partial charge on any atom is 0.416 e. The van der Waals surface area contributed by atoms with E-state index in [1.807, 2.05) is 0 Å². The molecule has 1 fully saturated rings. The molecule has 1 saturated heterocycles. The molecule has 28 heavy (non-hydrogen) atoms. The van der Waals surface area contributed by atoms with Crippen LogP contribution in [0.3, 0.4) is 0 Å². The van der Waals surface area contributed by atoms with Gasteiger partial charge in [-0.15, -0.1) is 0 Å². The summed E-state index contributed by atoms with van der Waals surface area (Å²) in [6.07, 6.45) is -4.46. The van der Waals surface area contributed by atoms with Crippen molar-refractivity contribution in [3.05, 3.63) is 59.7 Å². The largest absolute Gasteiger partial charge is 0.457 e. The van der Waals surface area contributed by atoms with Crippen LogP contribution in [0.1, 0.15) is 22.8 Å². The van der Waals surface area contributed by atoms with Crippen LogP contribution in [0, 0.1) is 0 Å². The summed E-state index contributed by atoms with van der Waals surface area (Å²) in [5.74, 6) is 0.0725. The lowest BCUT2D eigenvalue weighted by atomic mass is 10.1. The van der Waals surface area contributed by atoms with E-state index in [0.29, 0.717) is 31.7 Å². The third-order valence-electron chi connectivity index (χ3n) is 4.49. The number of piperazine rings is 1. The molecule has 0 unspecified atom stereocenters. The van der Waals surface area contributed by atoms with Crippen molar-refractivity contribution in [2.45, 2.75) is 13.1 Å². The lowest BCUT2D eigenvalue weighted by Crippen LogP contribution is -2.50. The molecular formula is C20H19F3N2O3. The summed E-state index contributed by atoms with van der Waals surface area (Å²) in [4.78, 5) is 27.4. The van der Waals surface area contributed by atoms with Gasteiger partial charge in [-0.3, -0.25) is 9.59 Å². The van der Waals surface area contributed by atoms with Crippen molar-refractivity contribution in [1.82, 2.24) is 9.80 Å². The van der Waals surface area contributed by atoms with E-state index in [4.69, 9.17) is 4.74 Å². The summed E-state index contributed by atoms with van der Waals surface area (Å²) >= 11 is 0. The van der Waals surface area contributed by atoms with Crippen LogP contribution in [0.15, 0.2) is 48.5 Å². The van der Waals surface area contributed by atoms with Crippen LogP contribution >= 0.6 is 0 Å². The Kier molecular flexibility index (Phi) is 5.58. The van der Waals surface area contributed by atoms with Crippen LogP contribution in [0.2, 0.25) is 0 Å². The van der Waals surface area contributed by atoms with Gasteiger partial charge in [0.2, 0.25) is 5.91 Å². The van der Waals surface area contributed by atoms with Gasteiger partial charge in [0.25, 0.3) is 5.91 Å². The lowest BCUT2D eigenvalue weighted by molar-refractivity contribution is -0.137. The van der Waals surface area contributed by atoms with Gasteiger partial charge in [0.05, 0.1) is 5.56 Å². The minimum Gasteiger partial charge on any atom is -0.457 e. The summed E-state index contributed by atoms with van der Waals surface area (Å²) < 4.78 is 44.0. The number of carbonyl (C=O) groups is 2. The van der Waals surface area contributed by atoms with Crippen LogP contribution in [0.25, 0.3) is 0 Å². The first-order valence-corrected chi connectivity index (χ1v) is 8.74. The zero-order chi connectivity index (χ0) is 20.3. The Morgan fingerprint density at radius 1 is 0.893 bits per heavy atom. The Bertz CT molecular complexity index is 875. The molecule has 1 aliphatic heterocycles. The van der Waals surface area contributed by atoms with Crippen molar-refractivity contribution in [2.24, 2.45) is 0 Å². The molecule has 148 valence electrons. The van der Waals surface area contributed by atoms with E-state index in [9.17, 15) is 22.8 Å². The summed E-state index contributed by atoms with van der Waals surface area (Å²) in [5, 5.41) is 0. The van der Waals surface area contributed by atoms with Crippen LogP contribution in [-0.2, 0) is 11.0 Å². The molecule has 0 radical (unpaired) electrons. The number of hydrogen-bond donors (Lipinski definition) is 0. The lowest BCUT2D eigenvalue weighted by Gasteiger charge is -2.34. The van der Waals surface area contributed by atoms with Gasteiger partial charge in [-0.25, -0.2) is 0 Å². The van der Waals surface area contributed by atoms with E-state index < -0.39 is 11.7 Å². The van der Waals surface area contributed by atoms with Gasteiger partial charge in [-0.1, -0.05) is 12.1 Å². The monoisotopic (exact) mass is 392 g/mol. The minimum absolute atomic E-state index is 0.0245. The van der Waals surface area contributed by atoms with E-state index in [1.54, 1.807) is 28.0 Å². The SMILES string of the molecule is CC(=O)N1CCN(C(=O)c2cccc(Oc3cccc(C(F)(F)F)c3)c2)CC1. The highest BCUT2D eigenvalue weighted by Crippen LogP contribution is 2.32.